The monoisotopic (exact) mass is 393 g/mol. The van der Waals surface area contributed by atoms with Crippen LogP contribution in [0.15, 0.2) is 47.6 Å². The van der Waals surface area contributed by atoms with E-state index in [1.54, 1.807) is 19.1 Å². The molecule has 0 aliphatic rings. The first-order chi connectivity index (χ1) is 12.2. The summed E-state index contributed by atoms with van der Waals surface area (Å²) in [6.45, 7) is 3.32. The Morgan fingerprint density at radius 3 is 2.46 bits per heavy atom. The van der Waals surface area contributed by atoms with E-state index in [2.05, 4.69) is 10.5 Å². The number of rotatable bonds is 6. The van der Waals surface area contributed by atoms with Gasteiger partial charge < -0.3 is 0 Å². The minimum Gasteiger partial charge on any atom is -0.271 e. The van der Waals surface area contributed by atoms with Crippen LogP contribution < -0.4 is 9.73 Å². The van der Waals surface area contributed by atoms with Crippen molar-refractivity contribution in [2.45, 2.75) is 13.8 Å². The molecule has 1 N–H and O–H groups in total. The maximum absolute atomic E-state index is 12.2. The molecule has 2 aromatic rings. The quantitative estimate of drug-likeness (QED) is 0.605. The molecule has 1 amide bonds. The Balaban J connectivity index is 2.12. The fourth-order valence-electron chi connectivity index (χ4n) is 2.23. The van der Waals surface area contributed by atoms with Gasteiger partial charge in [0.05, 0.1) is 18.2 Å². The van der Waals surface area contributed by atoms with Crippen molar-refractivity contribution in [2.24, 2.45) is 5.10 Å². The number of aryl methyl sites for hydroxylation is 2. The van der Waals surface area contributed by atoms with E-state index in [4.69, 9.17) is 11.6 Å². The van der Waals surface area contributed by atoms with Gasteiger partial charge in [0.2, 0.25) is 10.0 Å². The molecule has 0 aromatic heterocycles. The van der Waals surface area contributed by atoms with Crippen molar-refractivity contribution >= 4 is 39.4 Å². The van der Waals surface area contributed by atoms with Crippen LogP contribution in [0, 0.1) is 13.8 Å². The van der Waals surface area contributed by atoms with Crippen molar-refractivity contribution in [1.29, 1.82) is 0 Å². The second-order valence-corrected chi connectivity index (χ2v) is 8.25. The van der Waals surface area contributed by atoms with E-state index >= 15 is 0 Å². The molecule has 0 fully saturated rings. The first kappa shape index (κ1) is 19.9. The van der Waals surface area contributed by atoms with Crippen LogP contribution in [0.4, 0.5) is 5.69 Å². The summed E-state index contributed by atoms with van der Waals surface area (Å²) in [6.07, 6.45) is 2.53. The van der Waals surface area contributed by atoms with Crippen LogP contribution in [0.25, 0.3) is 0 Å². The van der Waals surface area contributed by atoms with Gasteiger partial charge in [-0.25, -0.2) is 13.8 Å². The fourth-order valence-corrected chi connectivity index (χ4v) is 3.30. The molecule has 0 atom stereocenters. The van der Waals surface area contributed by atoms with Gasteiger partial charge >= 0.3 is 0 Å². The van der Waals surface area contributed by atoms with Gasteiger partial charge in [0.25, 0.3) is 5.91 Å². The number of halogens is 1. The van der Waals surface area contributed by atoms with Crippen LogP contribution in [-0.2, 0) is 14.8 Å². The third-order valence-electron chi connectivity index (χ3n) is 3.61. The number of carbonyl (C=O) groups is 1. The van der Waals surface area contributed by atoms with Crippen LogP contribution in [0.2, 0.25) is 5.02 Å². The molecule has 0 aliphatic carbocycles. The number of hydrogen-bond donors (Lipinski definition) is 1. The lowest BCUT2D eigenvalue weighted by Crippen LogP contribution is -2.39. The summed E-state index contributed by atoms with van der Waals surface area (Å²) < 4.78 is 25.2. The normalized spacial score (nSPS) is 11.5. The third kappa shape index (κ3) is 5.57. The van der Waals surface area contributed by atoms with E-state index in [9.17, 15) is 13.2 Å². The van der Waals surface area contributed by atoms with Crippen LogP contribution in [-0.4, -0.2) is 33.3 Å². The highest BCUT2D eigenvalue weighted by molar-refractivity contribution is 7.92. The molecule has 26 heavy (non-hydrogen) atoms. The average Bonchev–Trinajstić information content (AvgIpc) is 2.56. The highest BCUT2D eigenvalue weighted by Gasteiger charge is 2.22. The summed E-state index contributed by atoms with van der Waals surface area (Å²) in [5.74, 6) is -0.557. The zero-order chi connectivity index (χ0) is 19.3. The van der Waals surface area contributed by atoms with Crippen LogP contribution in [0.5, 0.6) is 0 Å². The van der Waals surface area contributed by atoms with Gasteiger partial charge in [-0.1, -0.05) is 47.5 Å². The summed E-state index contributed by atoms with van der Waals surface area (Å²) in [5.41, 5.74) is 5.33. The Labute approximate surface area is 158 Å². The maximum atomic E-state index is 12.2. The van der Waals surface area contributed by atoms with Crippen LogP contribution >= 0.6 is 11.6 Å². The third-order valence-corrected chi connectivity index (χ3v) is 4.97. The molecule has 0 unspecified atom stereocenters. The minimum absolute atomic E-state index is 0.359. The molecule has 0 bridgehead atoms. The number of nitrogens with zero attached hydrogens (tertiary/aromatic N) is 2. The second-order valence-electron chi connectivity index (χ2n) is 5.90. The van der Waals surface area contributed by atoms with E-state index < -0.39 is 22.5 Å². The van der Waals surface area contributed by atoms with Crippen LogP contribution in [0.1, 0.15) is 16.7 Å². The second kappa shape index (κ2) is 8.33. The van der Waals surface area contributed by atoms with Crippen molar-refractivity contribution in [3.8, 4) is 0 Å². The van der Waals surface area contributed by atoms with Crippen LogP contribution in [0.3, 0.4) is 0 Å². The summed E-state index contributed by atoms with van der Waals surface area (Å²) in [7, 11) is -3.67. The van der Waals surface area contributed by atoms with Crippen molar-refractivity contribution in [2.75, 3.05) is 17.1 Å². The van der Waals surface area contributed by atoms with Gasteiger partial charge in [-0.05, 0) is 37.1 Å². The maximum Gasteiger partial charge on any atom is 0.260 e. The number of amides is 1. The molecule has 0 aliphatic heterocycles. The zero-order valence-electron chi connectivity index (χ0n) is 14.7. The van der Waals surface area contributed by atoms with Gasteiger partial charge in [0, 0.05) is 5.02 Å². The Kier molecular flexibility index (Phi) is 6.39. The van der Waals surface area contributed by atoms with E-state index in [0.717, 1.165) is 21.7 Å². The number of anilines is 1. The standard InChI is InChI=1S/C18H20ClN3O3S/c1-13-4-7-15(8-5-13)11-20-21-18(23)12-22(26(3,24)25)17-10-16(19)9-6-14(17)2/h4-11H,12H2,1-3H3,(H,21,23)/b20-11-. The van der Waals surface area contributed by atoms with Gasteiger partial charge in [0.15, 0.2) is 0 Å². The highest BCUT2D eigenvalue weighted by Crippen LogP contribution is 2.26. The Morgan fingerprint density at radius 2 is 1.85 bits per heavy atom. The summed E-state index contributed by atoms with van der Waals surface area (Å²) in [5, 5.41) is 4.25. The predicted molar refractivity (Wildman–Crippen MR) is 105 cm³/mol. The average molecular weight is 394 g/mol. The number of nitrogens with one attached hydrogen (secondary N) is 1. The predicted octanol–water partition coefficient (Wildman–Crippen LogP) is 2.87. The van der Waals surface area contributed by atoms with E-state index in [-0.39, 0.29) is 0 Å². The van der Waals surface area contributed by atoms with Gasteiger partial charge in [-0.15, -0.1) is 0 Å². The molecule has 0 spiro atoms. The highest BCUT2D eigenvalue weighted by atomic mass is 35.5. The number of sulfonamides is 1. The molecule has 0 heterocycles. The molecule has 138 valence electrons. The van der Waals surface area contributed by atoms with Gasteiger partial charge in [-0.2, -0.15) is 5.10 Å². The van der Waals surface area contributed by atoms with Crippen molar-refractivity contribution < 1.29 is 13.2 Å². The number of carbonyl (C=O) groups excluding carboxylic acids is 1. The molecule has 0 saturated carbocycles. The summed E-state index contributed by atoms with van der Waals surface area (Å²) >= 11 is 5.96. The van der Waals surface area contributed by atoms with E-state index in [1.165, 1.54) is 12.3 Å². The molecule has 0 radical (unpaired) electrons. The fraction of sp³-hybridized carbons (Fsp3) is 0.222. The SMILES string of the molecule is Cc1ccc(/C=N\NC(=O)CN(c2cc(Cl)ccc2C)S(C)(=O)=O)cc1. The molecule has 6 nitrogen and oxygen atoms in total. The Bertz CT molecular complexity index is 925. The zero-order valence-corrected chi connectivity index (χ0v) is 16.3. The van der Waals surface area contributed by atoms with Gasteiger partial charge in [0.1, 0.15) is 6.54 Å². The summed E-state index contributed by atoms with van der Waals surface area (Å²) in [4.78, 5) is 12.2. The number of hydrazone groups is 1. The molecule has 0 saturated heterocycles. The molecule has 8 heteroatoms. The Morgan fingerprint density at radius 1 is 1.19 bits per heavy atom. The van der Waals surface area contributed by atoms with E-state index in [1.807, 2.05) is 31.2 Å². The molecular weight excluding hydrogens is 374 g/mol. The van der Waals surface area contributed by atoms with Crippen molar-refractivity contribution in [3.05, 3.63) is 64.2 Å². The first-order valence-corrected chi connectivity index (χ1v) is 10.0. The largest absolute Gasteiger partial charge is 0.271 e. The Hall–Kier alpha value is -2.38. The topological polar surface area (TPSA) is 78.8 Å². The molecular formula is C18H20ClN3O3S. The lowest BCUT2D eigenvalue weighted by molar-refractivity contribution is -0.119. The lowest BCUT2D eigenvalue weighted by atomic mass is 10.2. The first-order valence-electron chi connectivity index (χ1n) is 7.79. The lowest BCUT2D eigenvalue weighted by Gasteiger charge is -2.23. The smallest absolute Gasteiger partial charge is 0.260 e. The molecule has 2 aromatic carbocycles. The number of benzene rings is 2. The van der Waals surface area contributed by atoms with Crippen molar-refractivity contribution in [3.63, 3.8) is 0 Å². The van der Waals surface area contributed by atoms with Crippen molar-refractivity contribution in [1.82, 2.24) is 5.43 Å². The minimum atomic E-state index is -3.67. The number of hydrogen-bond acceptors (Lipinski definition) is 4. The molecule has 2 rings (SSSR count). The van der Waals surface area contributed by atoms with Gasteiger partial charge in [-0.3, -0.25) is 9.10 Å². The van der Waals surface area contributed by atoms with E-state index in [0.29, 0.717) is 16.3 Å². The summed E-state index contributed by atoms with van der Waals surface area (Å²) in [6, 6.07) is 12.5.